The number of methoxy groups -OCH3 is 2. The van der Waals surface area contributed by atoms with Gasteiger partial charge >= 0.3 is 0 Å². The number of carbonyl (C=O) groups excluding carboxylic acids is 1. The number of rotatable bonds is 13. The Hall–Kier alpha value is -3.19. The Morgan fingerprint density at radius 1 is 1.10 bits per heavy atom. The number of halogens is 1. The van der Waals surface area contributed by atoms with Crippen molar-refractivity contribution in [3.63, 3.8) is 0 Å². The highest BCUT2D eigenvalue weighted by atomic mass is 35.5. The molecule has 40 heavy (non-hydrogen) atoms. The van der Waals surface area contributed by atoms with Crippen LogP contribution in [0, 0.1) is 17.0 Å². The van der Waals surface area contributed by atoms with E-state index in [0.717, 1.165) is 25.7 Å². The van der Waals surface area contributed by atoms with Crippen molar-refractivity contribution in [2.45, 2.75) is 43.7 Å². The van der Waals surface area contributed by atoms with Crippen LogP contribution in [0.3, 0.4) is 0 Å². The molecule has 1 fully saturated rings. The first-order chi connectivity index (χ1) is 19.0. The van der Waals surface area contributed by atoms with Crippen LogP contribution >= 0.6 is 22.9 Å². The normalized spacial score (nSPS) is 13.3. The van der Waals surface area contributed by atoms with Crippen molar-refractivity contribution in [1.82, 2.24) is 9.21 Å². The van der Waals surface area contributed by atoms with Crippen LogP contribution in [-0.4, -0.2) is 61.8 Å². The third-order valence-corrected chi connectivity index (χ3v) is 9.78. The topological polar surface area (TPSA) is 119 Å². The molecule has 1 saturated carbocycles. The van der Waals surface area contributed by atoms with E-state index in [1.807, 2.05) is 31.2 Å². The molecule has 1 aliphatic rings. The highest BCUT2D eigenvalue weighted by molar-refractivity contribution is 7.89. The molecule has 10 nitrogen and oxygen atoms in total. The maximum absolute atomic E-state index is 13.7. The third-order valence-electron chi connectivity index (χ3n) is 6.58. The number of sulfonamides is 1. The second-order valence-electron chi connectivity index (χ2n) is 9.42. The van der Waals surface area contributed by atoms with Crippen molar-refractivity contribution in [2.24, 2.45) is 0 Å². The molecule has 0 bridgehead atoms. The number of hydrogen-bond acceptors (Lipinski definition) is 8. The molecule has 0 radical (unpaired) electrons. The summed E-state index contributed by atoms with van der Waals surface area (Å²) >= 11 is 7.47. The number of benzene rings is 2. The average Bonchev–Trinajstić information content (AvgIpc) is 3.69. The summed E-state index contributed by atoms with van der Waals surface area (Å²) in [6, 6.07) is 12.5. The molecule has 1 aliphatic carbocycles. The van der Waals surface area contributed by atoms with Gasteiger partial charge < -0.3 is 14.4 Å². The first-order valence-electron chi connectivity index (χ1n) is 12.5. The Morgan fingerprint density at radius 2 is 1.82 bits per heavy atom. The molecule has 0 atom stereocenters. The molecule has 1 heterocycles. The summed E-state index contributed by atoms with van der Waals surface area (Å²) in [6.07, 6.45) is 1.73. The summed E-state index contributed by atoms with van der Waals surface area (Å²) in [5, 5.41) is 11.2. The Labute approximate surface area is 242 Å². The zero-order valence-electron chi connectivity index (χ0n) is 22.3. The number of nitrogens with zero attached hydrogens (tertiary/aromatic N) is 3. The van der Waals surface area contributed by atoms with E-state index in [9.17, 15) is 23.3 Å². The summed E-state index contributed by atoms with van der Waals surface area (Å²) in [5.74, 6) is 0.821. The third kappa shape index (κ3) is 6.92. The van der Waals surface area contributed by atoms with E-state index in [-0.39, 0.29) is 28.4 Å². The standard InChI is InChI=1S/C27H30ClN3O7S2/c1-18-4-8-21(39-18)16-29(13-12-19-5-11-25(37-2)26(14-19)38-3)27(32)17-30(20-6-7-20)40(35,36)22-9-10-23(28)24(15-22)31(33)34/h4-5,8-11,14-15,20H,6-7,12-13,16-17H2,1-3H3. The minimum atomic E-state index is -4.20. The largest absolute Gasteiger partial charge is 0.493 e. The van der Waals surface area contributed by atoms with Gasteiger partial charge in [-0.1, -0.05) is 17.7 Å². The Bertz CT molecular complexity index is 1510. The Kier molecular flexibility index (Phi) is 9.34. The van der Waals surface area contributed by atoms with E-state index in [1.165, 1.54) is 12.1 Å². The van der Waals surface area contributed by atoms with Crippen LogP contribution in [0.15, 0.2) is 53.4 Å². The smallest absolute Gasteiger partial charge is 0.289 e. The summed E-state index contributed by atoms with van der Waals surface area (Å²) < 4.78 is 39.1. The van der Waals surface area contributed by atoms with E-state index in [0.29, 0.717) is 43.9 Å². The highest BCUT2D eigenvalue weighted by Crippen LogP contribution is 2.35. The predicted octanol–water partition coefficient (Wildman–Crippen LogP) is 5.06. The molecule has 1 aromatic heterocycles. The fraction of sp³-hybridized carbons (Fsp3) is 0.370. The van der Waals surface area contributed by atoms with Gasteiger partial charge in [0, 0.05) is 28.4 Å². The molecule has 3 aromatic rings. The highest BCUT2D eigenvalue weighted by Gasteiger charge is 2.40. The monoisotopic (exact) mass is 607 g/mol. The number of hydrogen-bond donors (Lipinski definition) is 0. The van der Waals surface area contributed by atoms with E-state index in [1.54, 1.807) is 36.5 Å². The summed E-state index contributed by atoms with van der Waals surface area (Å²) in [4.78, 5) is 27.8. The van der Waals surface area contributed by atoms with Crippen molar-refractivity contribution < 1.29 is 27.6 Å². The van der Waals surface area contributed by atoms with Gasteiger partial charge in [0.15, 0.2) is 11.5 Å². The van der Waals surface area contributed by atoms with Crippen molar-refractivity contribution in [3.8, 4) is 11.5 Å². The SMILES string of the molecule is COc1ccc(CCN(Cc2ccc(C)s2)C(=O)CN(C2CC2)S(=O)(=O)c2ccc(Cl)c([N+](=O)[O-])c2)cc1OC. The number of ether oxygens (including phenoxy) is 2. The zero-order valence-corrected chi connectivity index (χ0v) is 24.7. The van der Waals surface area contributed by atoms with Crippen molar-refractivity contribution in [1.29, 1.82) is 0 Å². The molecule has 4 rings (SSSR count). The molecular weight excluding hydrogens is 578 g/mol. The molecule has 13 heteroatoms. The number of aryl methyl sites for hydroxylation is 1. The minimum absolute atomic E-state index is 0.162. The number of carbonyl (C=O) groups is 1. The molecule has 0 aliphatic heterocycles. The van der Waals surface area contributed by atoms with Gasteiger partial charge in [0.2, 0.25) is 15.9 Å². The van der Waals surface area contributed by atoms with Crippen molar-refractivity contribution >= 4 is 44.6 Å². The lowest BCUT2D eigenvalue weighted by Gasteiger charge is -2.27. The van der Waals surface area contributed by atoms with Crippen LogP contribution in [0.4, 0.5) is 5.69 Å². The lowest BCUT2D eigenvalue weighted by Crippen LogP contribution is -2.44. The molecular formula is C27H30ClN3O7S2. The van der Waals surface area contributed by atoms with Gasteiger partial charge in [-0.3, -0.25) is 14.9 Å². The zero-order chi connectivity index (χ0) is 29.0. The summed E-state index contributed by atoms with van der Waals surface area (Å²) in [6.45, 7) is 2.28. The van der Waals surface area contributed by atoms with Gasteiger partial charge in [-0.15, -0.1) is 11.3 Å². The quantitative estimate of drug-likeness (QED) is 0.197. The van der Waals surface area contributed by atoms with Gasteiger partial charge in [-0.2, -0.15) is 4.31 Å². The number of thiophene rings is 1. The van der Waals surface area contributed by atoms with Crippen LogP contribution in [0.25, 0.3) is 0 Å². The van der Waals surface area contributed by atoms with Crippen LogP contribution in [0.5, 0.6) is 11.5 Å². The summed E-state index contributed by atoms with van der Waals surface area (Å²) in [7, 11) is -1.08. The number of nitro benzene ring substituents is 1. The number of nitro groups is 1. The molecule has 0 unspecified atom stereocenters. The van der Waals surface area contributed by atoms with E-state index in [4.69, 9.17) is 21.1 Å². The van der Waals surface area contributed by atoms with Crippen LogP contribution in [0.2, 0.25) is 5.02 Å². The minimum Gasteiger partial charge on any atom is -0.493 e. The van der Waals surface area contributed by atoms with E-state index < -0.39 is 20.6 Å². The average molecular weight is 608 g/mol. The predicted molar refractivity (Wildman–Crippen MR) is 153 cm³/mol. The van der Waals surface area contributed by atoms with Gasteiger partial charge in [-0.25, -0.2) is 8.42 Å². The van der Waals surface area contributed by atoms with Gasteiger partial charge in [-0.05, 0) is 68.1 Å². The molecule has 2 aromatic carbocycles. The van der Waals surface area contributed by atoms with Gasteiger partial charge in [0.05, 0.1) is 37.1 Å². The molecule has 0 spiro atoms. The lowest BCUT2D eigenvalue weighted by atomic mass is 10.1. The Morgan fingerprint density at radius 3 is 2.42 bits per heavy atom. The molecule has 0 saturated heterocycles. The first-order valence-corrected chi connectivity index (χ1v) is 15.2. The fourth-order valence-corrected chi connectivity index (χ4v) is 7.03. The lowest BCUT2D eigenvalue weighted by molar-refractivity contribution is -0.384. The van der Waals surface area contributed by atoms with Crippen molar-refractivity contribution in [2.75, 3.05) is 27.3 Å². The maximum Gasteiger partial charge on any atom is 0.289 e. The first kappa shape index (κ1) is 29.8. The molecule has 214 valence electrons. The number of amides is 1. The van der Waals surface area contributed by atoms with Gasteiger partial charge in [0.1, 0.15) is 5.02 Å². The van der Waals surface area contributed by atoms with Crippen LogP contribution < -0.4 is 9.47 Å². The van der Waals surface area contributed by atoms with Crippen LogP contribution in [-0.2, 0) is 27.8 Å². The van der Waals surface area contributed by atoms with E-state index >= 15 is 0 Å². The Balaban J connectivity index is 1.58. The van der Waals surface area contributed by atoms with Gasteiger partial charge in [0.25, 0.3) is 5.69 Å². The second-order valence-corrected chi connectivity index (χ2v) is 13.1. The van der Waals surface area contributed by atoms with Crippen molar-refractivity contribution in [3.05, 3.63) is 79.0 Å². The fourth-order valence-electron chi connectivity index (χ4n) is 4.28. The van der Waals surface area contributed by atoms with E-state index in [2.05, 4.69) is 0 Å². The summed E-state index contributed by atoms with van der Waals surface area (Å²) in [5.41, 5.74) is 0.424. The van der Waals surface area contributed by atoms with Crippen LogP contribution in [0.1, 0.15) is 28.2 Å². The molecule has 1 amide bonds. The molecule has 0 N–H and O–H groups in total. The maximum atomic E-state index is 13.7. The second kappa shape index (κ2) is 12.5.